The van der Waals surface area contributed by atoms with Crippen LogP contribution in [-0.2, 0) is 0 Å². The average molecular weight is 336 g/mol. The zero-order valence-corrected chi connectivity index (χ0v) is 16.3. The standard InChI is InChI=1S/C23H24Si.Li.H/c1-2-15-24-16-23(21-13-11-17-7-3-5-9-19(17)21)22-14-12-18-8-4-6-10-20(18)22;;/h3-14,21-23H,2,15-16H2,1H3;;/q;+1;-1. The maximum Gasteiger partial charge on any atom is 1.00 e. The van der Waals surface area contributed by atoms with E-state index in [1.807, 2.05) is 0 Å². The molecule has 0 saturated carbocycles. The van der Waals surface area contributed by atoms with Crippen LogP contribution >= 0.6 is 0 Å². The molecule has 0 aromatic heterocycles. The van der Waals surface area contributed by atoms with Crippen molar-refractivity contribution < 1.29 is 20.3 Å². The van der Waals surface area contributed by atoms with Crippen LogP contribution in [0.25, 0.3) is 12.2 Å². The molecule has 4 rings (SSSR count). The van der Waals surface area contributed by atoms with E-state index >= 15 is 0 Å². The average Bonchev–Trinajstić information content (AvgIpc) is 3.24. The molecule has 122 valence electrons. The van der Waals surface area contributed by atoms with Crippen LogP contribution in [0, 0.1) is 5.92 Å². The van der Waals surface area contributed by atoms with Crippen LogP contribution in [0.2, 0.25) is 12.1 Å². The van der Waals surface area contributed by atoms with Gasteiger partial charge in [0.25, 0.3) is 0 Å². The Morgan fingerprint density at radius 1 is 0.880 bits per heavy atom. The second-order valence-corrected chi connectivity index (χ2v) is 8.30. The van der Waals surface area contributed by atoms with Crippen molar-refractivity contribution in [3.8, 4) is 0 Å². The molecular formula is C23H25LiSi. The summed E-state index contributed by atoms with van der Waals surface area (Å²) in [7, 11) is 1.07. The predicted molar refractivity (Wildman–Crippen MR) is 107 cm³/mol. The summed E-state index contributed by atoms with van der Waals surface area (Å²) in [5.41, 5.74) is 5.89. The van der Waals surface area contributed by atoms with Crippen LogP contribution in [-0.4, -0.2) is 9.52 Å². The van der Waals surface area contributed by atoms with E-state index in [0.717, 1.165) is 9.52 Å². The molecule has 0 nitrogen and oxygen atoms in total. The summed E-state index contributed by atoms with van der Waals surface area (Å²) in [6.45, 7) is 2.30. The van der Waals surface area contributed by atoms with Gasteiger partial charge in [-0.25, -0.2) is 0 Å². The molecule has 2 unspecified atom stereocenters. The van der Waals surface area contributed by atoms with Gasteiger partial charge in [-0.15, -0.1) is 0 Å². The molecule has 25 heavy (non-hydrogen) atoms. The third-order valence-corrected chi connectivity index (χ3v) is 7.02. The summed E-state index contributed by atoms with van der Waals surface area (Å²) in [6.07, 6.45) is 10.9. The van der Waals surface area contributed by atoms with Gasteiger partial charge in [0.1, 0.15) is 0 Å². The van der Waals surface area contributed by atoms with Crippen molar-refractivity contribution >= 4 is 21.7 Å². The molecule has 2 aliphatic carbocycles. The third kappa shape index (κ3) is 3.65. The molecule has 0 bridgehead atoms. The van der Waals surface area contributed by atoms with E-state index in [1.54, 1.807) is 0 Å². The zero-order valence-electron chi connectivity index (χ0n) is 16.3. The van der Waals surface area contributed by atoms with E-state index in [9.17, 15) is 0 Å². The zero-order chi connectivity index (χ0) is 16.4. The minimum atomic E-state index is 0. The van der Waals surface area contributed by atoms with Gasteiger partial charge in [0.15, 0.2) is 0 Å². The molecule has 0 heterocycles. The molecule has 0 saturated heterocycles. The van der Waals surface area contributed by atoms with Gasteiger partial charge in [-0.2, -0.15) is 0 Å². The van der Waals surface area contributed by atoms with Crippen molar-refractivity contribution in [2.75, 3.05) is 0 Å². The van der Waals surface area contributed by atoms with Crippen LogP contribution < -0.4 is 18.9 Å². The van der Waals surface area contributed by atoms with Crippen LogP contribution in [0.5, 0.6) is 0 Å². The van der Waals surface area contributed by atoms with Gasteiger partial charge in [0.2, 0.25) is 0 Å². The molecular weight excluding hydrogens is 311 g/mol. The number of rotatable bonds is 6. The number of fused-ring (bicyclic) bond motifs is 2. The van der Waals surface area contributed by atoms with Crippen molar-refractivity contribution in [1.29, 1.82) is 0 Å². The fourth-order valence-electron chi connectivity index (χ4n) is 4.22. The first-order valence-corrected chi connectivity index (χ1v) is 10.5. The molecule has 0 amide bonds. The molecule has 0 aliphatic heterocycles. The molecule has 2 radical (unpaired) electrons. The maximum atomic E-state index is 2.46. The fourth-order valence-corrected chi connectivity index (χ4v) is 5.62. The monoisotopic (exact) mass is 336 g/mol. The summed E-state index contributed by atoms with van der Waals surface area (Å²) in [5.74, 6) is 1.80. The van der Waals surface area contributed by atoms with E-state index in [4.69, 9.17) is 0 Å². The SMILES string of the molecule is CCC[Si]CC(C1C=Cc2ccccc21)C1C=Cc2ccccc21.[H-].[Li+]. The molecule has 2 aromatic rings. The van der Waals surface area contributed by atoms with E-state index < -0.39 is 0 Å². The molecule has 0 spiro atoms. The maximum absolute atomic E-state index is 2.46. The van der Waals surface area contributed by atoms with Gasteiger partial charge in [-0.1, -0.05) is 98.3 Å². The van der Waals surface area contributed by atoms with Crippen molar-refractivity contribution in [2.45, 2.75) is 37.3 Å². The molecule has 2 heteroatoms. The summed E-state index contributed by atoms with van der Waals surface area (Å²) >= 11 is 0. The van der Waals surface area contributed by atoms with Gasteiger partial charge in [-0.3, -0.25) is 0 Å². The summed E-state index contributed by atoms with van der Waals surface area (Å²) in [6, 6.07) is 20.6. The Hall–Kier alpha value is -1.27. The normalized spacial score (nSPS) is 20.8. The predicted octanol–water partition coefficient (Wildman–Crippen LogP) is 3.29. The molecule has 0 fully saturated rings. The first kappa shape index (κ1) is 18.5. The van der Waals surface area contributed by atoms with E-state index in [0.29, 0.717) is 17.8 Å². The Balaban J connectivity index is 0.00000121. The largest absolute Gasteiger partial charge is 1.00 e. The van der Waals surface area contributed by atoms with Gasteiger partial charge >= 0.3 is 18.9 Å². The summed E-state index contributed by atoms with van der Waals surface area (Å²) < 4.78 is 0. The Bertz CT molecular complexity index is 722. The number of hydrogen-bond acceptors (Lipinski definition) is 0. The Morgan fingerprint density at radius 2 is 1.40 bits per heavy atom. The smallest absolute Gasteiger partial charge is 1.00 e. The van der Waals surface area contributed by atoms with Crippen LogP contribution in [0.3, 0.4) is 0 Å². The third-order valence-electron chi connectivity index (χ3n) is 5.41. The molecule has 2 atom stereocenters. The molecule has 2 aromatic carbocycles. The van der Waals surface area contributed by atoms with Crippen LogP contribution in [0.4, 0.5) is 0 Å². The van der Waals surface area contributed by atoms with E-state index in [2.05, 4.69) is 79.8 Å². The van der Waals surface area contributed by atoms with Gasteiger partial charge in [0.05, 0.1) is 0 Å². The Labute approximate surface area is 167 Å². The van der Waals surface area contributed by atoms with Crippen molar-refractivity contribution in [2.24, 2.45) is 5.92 Å². The summed E-state index contributed by atoms with van der Waals surface area (Å²) in [4.78, 5) is 0. The van der Waals surface area contributed by atoms with Gasteiger partial charge in [0, 0.05) is 21.4 Å². The Morgan fingerprint density at radius 3 is 1.92 bits per heavy atom. The first-order valence-electron chi connectivity index (χ1n) is 9.13. The first-order chi connectivity index (χ1) is 11.9. The van der Waals surface area contributed by atoms with Gasteiger partial charge in [-0.05, 0) is 28.2 Å². The number of hydrogen-bond donors (Lipinski definition) is 0. The van der Waals surface area contributed by atoms with E-state index in [1.165, 1.54) is 40.8 Å². The van der Waals surface area contributed by atoms with Crippen LogP contribution in [0.1, 0.15) is 48.9 Å². The topological polar surface area (TPSA) is 0 Å². The number of benzene rings is 2. The second kappa shape index (κ2) is 8.41. The van der Waals surface area contributed by atoms with Crippen LogP contribution in [0.15, 0.2) is 60.7 Å². The second-order valence-electron chi connectivity index (χ2n) is 6.90. The summed E-state index contributed by atoms with van der Waals surface area (Å²) in [5, 5.41) is 0. The minimum absolute atomic E-state index is 0. The van der Waals surface area contributed by atoms with Crippen molar-refractivity contribution in [1.82, 2.24) is 0 Å². The van der Waals surface area contributed by atoms with Gasteiger partial charge < -0.3 is 1.43 Å². The number of allylic oxidation sites excluding steroid dienone is 2. The van der Waals surface area contributed by atoms with Crippen molar-refractivity contribution in [3.05, 3.63) is 82.9 Å². The van der Waals surface area contributed by atoms with E-state index in [-0.39, 0.29) is 20.3 Å². The molecule has 2 aliphatic rings. The quantitative estimate of drug-likeness (QED) is 0.561. The minimum Gasteiger partial charge on any atom is -1.00 e. The Kier molecular flexibility index (Phi) is 6.23. The molecule has 0 N–H and O–H groups in total. The fraction of sp³-hybridized carbons (Fsp3) is 0.304. The van der Waals surface area contributed by atoms with Crippen molar-refractivity contribution in [3.63, 3.8) is 0 Å².